The fourth-order valence-corrected chi connectivity index (χ4v) is 2.60. The topological polar surface area (TPSA) is 26.0 Å². The maximum absolute atomic E-state index is 13.6. The molecular formula is C12H11F2NS. The molecule has 1 aromatic carbocycles. The summed E-state index contributed by atoms with van der Waals surface area (Å²) in [5.74, 6) is -0.859. The zero-order valence-corrected chi connectivity index (χ0v) is 9.57. The van der Waals surface area contributed by atoms with E-state index in [2.05, 4.69) is 0 Å². The van der Waals surface area contributed by atoms with Gasteiger partial charge in [0.25, 0.3) is 0 Å². The van der Waals surface area contributed by atoms with E-state index in [0.29, 0.717) is 12.1 Å². The maximum atomic E-state index is 13.6. The monoisotopic (exact) mass is 239 g/mol. The number of rotatable bonds is 2. The Kier molecular flexibility index (Phi) is 3.03. The SMILES string of the molecule is Cc1scc(CN)c1-c1cc(F)ccc1F. The third-order valence-electron chi connectivity index (χ3n) is 2.47. The molecule has 0 aliphatic carbocycles. The lowest BCUT2D eigenvalue weighted by Crippen LogP contribution is -1.98. The quantitative estimate of drug-likeness (QED) is 0.853. The predicted molar refractivity (Wildman–Crippen MR) is 62.3 cm³/mol. The average Bonchev–Trinajstić information content (AvgIpc) is 2.63. The Morgan fingerprint density at radius 2 is 2.06 bits per heavy atom. The molecule has 16 heavy (non-hydrogen) atoms. The molecule has 0 spiro atoms. The van der Waals surface area contributed by atoms with Gasteiger partial charge >= 0.3 is 0 Å². The van der Waals surface area contributed by atoms with E-state index in [0.717, 1.165) is 28.1 Å². The summed E-state index contributed by atoms with van der Waals surface area (Å²) < 4.78 is 26.7. The molecule has 1 nitrogen and oxygen atoms in total. The molecule has 0 saturated carbocycles. The normalized spacial score (nSPS) is 10.8. The Labute approximate surface area is 96.5 Å². The Morgan fingerprint density at radius 3 is 2.75 bits per heavy atom. The van der Waals surface area contributed by atoms with E-state index < -0.39 is 11.6 Å². The molecule has 2 aromatic rings. The summed E-state index contributed by atoms with van der Waals surface area (Å²) in [6.45, 7) is 2.21. The van der Waals surface area contributed by atoms with Crippen molar-refractivity contribution in [1.29, 1.82) is 0 Å². The third kappa shape index (κ3) is 1.86. The lowest BCUT2D eigenvalue weighted by atomic mass is 10.0. The van der Waals surface area contributed by atoms with E-state index in [1.54, 1.807) is 0 Å². The minimum atomic E-state index is -0.440. The number of nitrogens with two attached hydrogens (primary N) is 1. The van der Waals surface area contributed by atoms with Crippen LogP contribution in [-0.4, -0.2) is 0 Å². The number of benzene rings is 1. The Bertz CT molecular complexity index is 520. The molecule has 0 aliphatic rings. The zero-order valence-electron chi connectivity index (χ0n) is 8.76. The van der Waals surface area contributed by atoms with Crippen molar-refractivity contribution in [3.05, 3.63) is 45.7 Å². The van der Waals surface area contributed by atoms with Crippen LogP contribution in [0.2, 0.25) is 0 Å². The second-order valence-corrected chi connectivity index (χ2v) is 4.60. The van der Waals surface area contributed by atoms with Gasteiger partial charge in [0.1, 0.15) is 11.6 Å². The first kappa shape index (κ1) is 11.2. The van der Waals surface area contributed by atoms with Crippen LogP contribution >= 0.6 is 11.3 Å². The molecule has 4 heteroatoms. The first-order chi connectivity index (χ1) is 7.63. The van der Waals surface area contributed by atoms with E-state index in [-0.39, 0.29) is 0 Å². The smallest absolute Gasteiger partial charge is 0.131 e. The van der Waals surface area contributed by atoms with Gasteiger partial charge in [0.2, 0.25) is 0 Å². The Morgan fingerprint density at radius 1 is 1.31 bits per heavy atom. The molecule has 2 rings (SSSR count). The maximum Gasteiger partial charge on any atom is 0.131 e. The van der Waals surface area contributed by atoms with Crippen molar-refractivity contribution in [2.75, 3.05) is 0 Å². The summed E-state index contributed by atoms with van der Waals surface area (Å²) in [7, 11) is 0. The Hall–Kier alpha value is -1.26. The highest BCUT2D eigenvalue weighted by molar-refractivity contribution is 7.10. The highest BCUT2D eigenvalue weighted by Crippen LogP contribution is 2.34. The van der Waals surface area contributed by atoms with Crippen molar-refractivity contribution < 1.29 is 8.78 Å². The summed E-state index contributed by atoms with van der Waals surface area (Å²) in [6.07, 6.45) is 0. The summed E-state index contributed by atoms with van der Waals surface area (Å²) in [5.41, 5.74) is 7.45. The molecule has 0 bridgehead atoms. The van der Waals surface area contributed by atoms with Crippen LogP contribution in [0.1, 0.15) is 10.4 Å². The molecule has 0 atom stereocenters. The second kappa shape index (κ2) is 4.31. The van der Waals surface area contributed by atoms with Crippen LogP contribution < -0.4 is 5.73 Å². The lowest BCUT2D eigenvalue weighted by Gasteiger charge is -2.06. The predicted octanol–water partition coefficient (Wildman–Crippen LogP) is 3.46. The van der Waals surface area contributed by atoms with Gasteiger partial charge in [-0.1, -0.05) is 0 Å². The standard InChI is InChI=1S/C12H11F2NS/c1-7-12(8(5-15)6-16-7)10-4-9(13)2-3-11(10)14/h2-4,6H,5,15H2,1H3. The lowest BCUT2D eigenvalue weighted by molar-refractivity contribution is 0.603. The van der Waals surface area contributed by atoms with Crippen molar-refractivity contribution in [3.8, 4) is 11.1 Å². The zero-order chi connectivity index (χ0) is 11.7. The number of hydrogen-bond acceptors (Lipinski definition) is 2. The molecule has 0 unspecified atom stereocenters. The molecule has 0 fully saturated rings. The van der Waals surface area contributed by atoms with Crippen molar-refractivity contribution >= 4 is 11.3 Å². The molecule has 1 aromatic heterocycles. The largest absolute Gasteiger partial charge is 0.326 e. The van der Waals surface area contributed by atoms with Gasteiger partial charge < -0.3 is 5.73 Å². The first-order valence-corrected chi connectivity index (χ1v) is 5.74. The van der Waals surface area contributed by atoms with Crippen molar-refractivity contribution in [1.82, 2.24) is 0 Å². The highest BCUT2D eigenvalue weighted by atomic mass is 32.1. The average molecular weight is 239 g/mol. The van der Waals surface area contributed by atoms with E-state index in [4.69, 9.17) is 5.73 Å². The van der Waals surface area contributed by atoms with Crippen molar-refractivity contribution in [3.63, 3.8) is 0 Å². The van der Waals surface area contributed by atoms with Crippen LogP contribution in [0.4, 0.5) is 8.78 Å². The minimum absolute atomic E-state index is 0.291. The molecule has 2 N–H and O–H groups in total. The van der Waals surface area contributed by atoms with Crippen LogP contribution in [0.25, 0.3) is 11.1 Å². The van der Waals surface area contributed by atoms with Gasteiger partial charge in [-0.05, 0) is 36.1 Å². The molecule has 0 saturated heterocycles. The molecule has 1 heterocycles. The van der Waals surface area contributed by atoms with Crippen LogP contribution in [-0.2, 0) is 6.54 Å². The summed E-state index contributed by atoms with van der Waals surface area (Å²) in [6, 6.07) is 3.47. The molecular weight excluding hydrogens is 228 g/mol. The minimum Gasteiger partial charge on any atom is -0.326 e. The number of hydrogen-bond donors (Lipinski definition) is 1. The molecule has 0 aliphatic heterocycles. The fraction of sp³-hybridized carbons (Fsp3) is 0.167. The summed E-state index contributed by atoms with van der Waals surface area (Å²) in [5, 5.41) is 1.88. The van der Waals surface area contributed by atoms with Crippen LogP contribution in [0, 0.1) is 18.6 Å². The molecule has 0 amide bonds. The van der Waals surface area contributed by atoms with Gasteiger partial charge in [-0.2, -0.15) is 0 Å². The first-order valence-electron chi connectivity index (χ1n) is 4.86. The van der Waals surface area contributed by atoms with Gasteiger partial charge in [-0.3, -0.25) is 0 Å². The number of thiophene rings is 1. The molecule has 0 radical (unpaired) electrons. The van der Waals surface area contributed by atoms with Crippen LogP contribution in [0.3, 0.4) is 0 Å². The molecule has 84 valence electrons. The highest BCUT2D eigenvalue weighted by Gasteiger charge is 2.14. The number of aryl methyl sites for hydroxylation is 1. The van der Waals surface area contributed by atoms with Crippen LogP contribution in [0.15, 0.2) is 23.6 Å². The summed E-state index contributed by atoms with van der Waals surface area (Å²) in [4.78, 5) is 0.949. The van der Waals surface area contributed by atoms with E-state index in [9.17, 15) is 8.78 Å². The van der Waals surface area contributed by atoms with Crippen molar-refractivity contribution in [2.24, 2.45) is 5.73 Å². The van der Waals surface area contributed by atoms with Gasteiger partial charge in [-0.25, -0.2) is 8.78 Å². The van der Waals surface area contributed by atoms with E-state index in [1.807, 2.05) is 12.3 Å². The van der Waals surface area contributed by atoms with Gasteiger partial charge in [0.05, 0.1) is 0 Å². The number of halogens is 2. The van der Waals surface area contributed by atoms with Gasteiger partial charge in [0, 0.05) is 22.5 Å². The van der Waals surface area contributed by atoms with Gasteiger partial charge in [0.15, 0.2) is 0 Å². The van der Waals surface area contributed by atoms with E-state index >= 15 is 0 Å². The fourth-order valence-electron chi connectivity index (χ4n) is 1.71. The van der Waals surface area contributed by atoms with Gasteiger partial charge in [-0.15, -0.1) is 11.3 Å². The van der Waals surface area contributed by atoms with Crippen molar-refractivity contribution in [2.45, 2.75) is 13.5 Å². The third-order valence-corrected chi connectivity index (χ3v) is 3.43. The summed E-state index contributed by atoms with van der Waals surface area (Å²) >= 11 is 1.50. The van der Waals surface area contributed by atoms with Crippen LogP contribution in [0.5, 0.6) is 0 Å². The Balaban J connectivity index is 2.66. The second-order valence-electron chi connectivity index (χ2n) is 3.52. The van der Waals surface area contributed by atoms with E-state index in [1.165, 1.54) is 17.4 Å².